The van der Waals surface area contributed by atoms with Crippen LogP contribution < -0.4 is 0 Å². The van der Waals surface area contributed by atoms with Crippen LogP contribution in [-0.4, -0.2) is 34.0 Å². The monoisotopic (exact) mass is 311 g/mol. The highest BCUT2D eigenvalue weighted by atomic mass is 35.5. The number of thiophene rings is 1. The van der Waals surface area contributed by atoms with Gasteiger partial charge in [0.2, 0.25) is 5.89 Å². The van der Waals surface area contributed by atoms with E-state index in [1.807, 2.05) is 11.8 Å². The molecule has 0 aliphatic carbocycles. The Balaban J connectivity index is 1.62. The minimum atomic E-state index is 0.0575. The van der Waals surface area contributed by atoms with Gasteiger partial charge in [0.25, 0.3) is 5.91 Å². The molecule has 0 radical (unpaired) electrons. The summed E-state index contributed by atoms with van der Waals surface area (Å²) >= 11 is 7.19. The van der Waals surface area contributed by atoms with Crippen LogP contribution in [-0.2, 0) is 0 Å². The third-order valence-corrected chi connectivity index (χ3v) is 4.68. The molecule has 5 nitrogen and oxygen atoms in total. The summed E-state index contributed by atoms with van der Waals surface area (Å²) in [5, 5.41) is 3.82. The van der Waals surface area contributed by atoms with Crippen LogP contribution in [0.2, 0.25) is 4.34 Å². The highest BCUT2D eigenvalue weighted by Gasteiger charge is 2.28. The molecule has 0 N–H and O–H groups in total. The second-order valence-corrected chi connectivity index (χ2v) is 6.57. The SMILES string of the molecule is Cc1noc(C2CCN(C(=O)c3ccc(Cl)s3)CC2)n1. The molecule has 1 aliphatic heterocycles. The van der Waals surface area contributed by atoms with Gasteiger partial charge in [0.15, 0.2) is 5.82 Å². The zero-order valence-electron chi connectivity index (χ0n) is 11.0. The number of carbonyl (C=O) groups excluding carboxylic acids is 1. The first-order valence-electron chi connectivity index (χ1n) is 6.48. The molecule has 106 valence electrons. The van der Waals surface area contributed by atoms with Crippen molar-refractivity contribution in [1.82, 2.24) is 15.0 Å². The van der Waals surface area contributed by atoms with E-state index in [9.17, 15) is 4.79 Å². The van der Waals surface area contributed by atoms with Gasteiger partial charge in [-0.3, -0.25) is 4.79 Å². The Labute approximate surface area is 125 Å². The van der Waals surface area contributed by atoms with Crippen LogP contribution in [0.4, 0.5) is 0 Å². The Kier molecular flexibility index (Phi) is 3.76. The van der Waals surface area contributed by atoms with Crippen molar-refractivity contribution in [3.05, 3.63) is 33.1 Å². The van der Waals surface area contributed by atoms with Gasteiger partial charge in [-0.15, -0.1) is 11.3 Å². The molecular formula is C13H14ClN3O2S. The summed E-state index contributed by atoms with van der Waals surface area (Å²) in [5.74, 6) is 1.66. The lowest BCUT2D eigenvalue weighted by atomic mass is 9.96. The summed E-state index contributed by atoms with van der Waals surface area (Å²) in [6, 6.07) is 3.54. The van der Waals surface area contributed by atoms with Crippen LogP contribution in [0.5, 0.6) is 0 Å². The van der Waals surface area contributed by atoms with Crippen molar-refractivity contribution < 1.29 is 9.32 Å². The molecule has 3 heterocycles. The average Bonchev–Trinajstić information content (AvgIpc) is 3.07. The highest BCUT2D eigenvalue weighted by Crippen LogP contribution is 2.29. The number of nitrogens with zero attached hydrogens (tertiary/aromatic N) is 3. The van der Waals surface area contributed by atoms with Gasteiger partial charge in [0, 0.05) is 19.0 Å². The number of likely N-dealkylation sites (tertiary alicyclic amines) is 1. The van der Waals surface area contributed by atoms with E-state index in [0.717, 1.165) is 12.8 Å². The fourth-order valence-corrected chi connectivity index (χ4v) is 3.40. The van der Waals surface area contributed by atoms with Crippen molar-refractivity contribution in [3.8, 4) is 0 Å². The number of amides is 1. The lowest BCUT2D eigenvalue weighted by Crippen LogP contribution is -2.37. The molecule has 20 heavy (non-hydrogen) atoms. The van der Waals surface area contributed by atoms with E-state index in [2.05, 4.69) is 10.1 Å². The number of piperidine rings is 1. The Morgan fingerprint density at radius 3 is 2.75 bits per heavy atom. The molecule has 0 saturated carbocycles. The third-order valence-electron chi connectivity index (χ3n) is 3.46. The number of aromatic nitrogens is 2. The third kappa shape index (κ3) is 2.71. The maximum atomic E-state index is 12.3. The molecule has 0 atom stereocenters. The maximum Gasteiger partial charge on any atom is 0.263 e. The lowest BCUT2D eigenvalue weighted by molar-refractivity contribution is 0.0709. The second-order valence-electron chi connectivity index (χ2n) is 4.85. The molecule has 3 rings (SSSR count). The van der Waals surface area contributed by atoms with Gasteiger partial charge in [-0.2, -0.15) is 4.98 Å². The number of rotatable bonds is 2. The van der Waals surface area contributed by atoms with Gasteiger partial charge in [0.05, 0.1) is 9.21 Å². The summed E-state index contributed by atoms with van der Waals surface area (Å²) in [7, 11) is 0. The van der Waals surface area contributed by atoms with Crippen molar-refractivity contribution in [2.45, 2.75) is 25.7 Å². The molecule has 1 fully saturated rings. The standard InChI is InChI=1S/C13H14ClN3O2S/c1-8-15-12(19-16-8)9-4-6-17(7-5-9)13(18)10-2-3-11(14)20-10/h2-3,9H,4-7H2,1H3. The molecule has 0 spiro atoms. The van der Waals surface area contributed by atoms with E-state index in [1.54, 1.807) is 12.1 Å². The van der Waals surface area contributed by atoms with Gasteiger partial charge < -0.3 is 9.42 Å². The topological polar surface area (TPSA) is 59.2 Å². The van der Waals surface area contributed by atoms with Crippen molar-refractivity contribution in [2.24, 2.45) is 0 Å². The Morgan fingerprint density at radius 2 is 2.20 bits per heavy atom. The molecular weight excluding hydrogens is 298 g/mol. The molecule has 0 bridgehead atoms. The number of aryl methyl sites for hydroxylation is 1. The van der Waals surface area contributed by atoms with Crippen LogP contribution in [0.3, 0.4) is 0 Å². The fraction of sp³-hybridized carbons (Fsp3) is 0.462. The molecule has 2 aromatic rings. The molecule has 7 heteroatoms. The normalized spacial score (nSPS) is 16.6. The lowest BCUT2D eigenvalue weighted by Gasteiger charge is -2.30. The highest BCUT2D eigenvalue weighted by molar-refractivity contribution is 7.17. The summed E-state index contributed by atoms with van der Waals surface area (Å²) in [6.07, 6.45) is 1.71. The summed E-state index contributed by atoms with van der Waals surface area (Å²) < 4.78 is 5.85. The van der Waals surface area contributed by atoms with Crippen LogP contribution in [0, 0.1) is 6.92 Å². The first kappa shape index (κ1) is 13.6. The van der Waals surface area contributed by atoms with Gasteiger partial charge in [-0.25, -0.2) is 0 Å². The molecule has 2 aromatic heterocycles. The van der Waals surface area contributed by atoms with Gasteiger partial charge in [-0.05, 0) is 31.9 Å². The Hall–Kier alpha value is -1.40. The predicted octanol–water partition coefficient (Wildman–Crippen LogP) is 3.11. The summed E-state index contributed by atoms with van der Waals surface area (Å²) in [5.41, 5.74) is 0. The number of hydrogen-bond acceptors (Lipinski definition) is 5. The zero-order chi connectivity index (χ0) is 14.1. The Bertz CT molecular complexity index is 617. The largest absolute Gasteiger partial charge is 0.339 e. The number of hydrogen-bond donors (Lipinski definition) is 0. The van der Waals surface area contributed by atoms with Gasteiger partial charge >= 0.3 is 0 Å². The Morgan fingerprint density at radius 1 is 1.45 bits per heavy atom. The first-order valence-corrected chi connectivity index (χ1v) is 7.68. The molecule has 1 saturated heterocycles. The van der Waals surface area contributed by atoms with Crippen molar-refractivity contribution in [3.63, 3.8) is 0 Å². The van der Waals surface area contributed by atoms with Crippen molar-refractivity contribution in [1.29, 1.82) is 0 Å². The van der Waals surface area contributed by atoms with E-state index in [0.29, 0.717) is 34.0 Å². The average molecular weight is 312 g/mol. The smallest absolute Gasteiger partial charge is 0.263 e. The quantitative estimate of drug-likeness (QED) is 0.855. The van der Waals surface area contributed by atoms with E-state index in [-0.39, 0.29) is 11.8 Å². The van der Waals surface area contributed by atoms with Gasteiger partial charge in [0.1, 0.15) is 0 Å². The summed E-state index contributed by atoms with van der Waals surface area (Å²) in [4.78, 5) is 19.1. The van der Waals surface area contributed by atoms with E-state index >= 15 is 0 Å². The van der Waals surface area contributed by atoms with Crippen LogP contribution in [0.15, 0.2) is 16.7 Å². The second kappa shape index (κ2) is 5.54. The van der Waals surface area contributed by atoms with E-state index < -0.39 is 0 Å². The van der Waals surface area contributed by atoms with E-state index in [1.165, 1.54) is 11.3 Å². The summed E-state index contributed by atoms with van der Waals surface area (Å²) in [6.45, 7) is 3.23. The molecule has 0 aromatic carbocycles. The van der Waals surface area contributed by atoms with Crippen LogP contribution in [0.25, 0.3) is 0 Å². The predicted molar refractivity (Wildman–Crippen MR) is 76.2 cm³/mol. The molecule has 1 aliphatic rings. The van der Waals surface area contributed by atoms with Crippen molar-refractivity contribution in [2.75, 3.05) is 13.1 Å². The number of carbonyl (C=O) groups is 1. The maximum absolute atomic E-state index is 12.3. The van der Waals surface area contributed by atoms with Gasteiger partial charge in [-0.1, -0.05) is 16.8 Å². The minimum Gasteiger partial charge on any atom is -0.339 e. The van der Waals surface area contributed by atoms with Crippen molar-refractivity contribution >= 4 is 28.8 Å². The van der Waals surface area contributed by atoms with E-state index in [4.69, 9.17) is 16.1 Å². The molecule has 1 amide bonds. The molecule has 0 unspecified atom stereocenters. The first-order chi connectivity index (χ1) is 9.63. The van der Waals surface area contributed by atoms with Crippen LogP contribution >= 0.6 is 22.9 Å². The zero-order valence-corrected chi connectivity index (χ0v) is 12.6. The minimum absolute atomic E-state index is 0.0575. The number of halogens is 1. The fourth-order valence-electron chi connectivity index (χ4n) is 2.39. The van der Waals surface area contributed by atoms with Crippen LogP contribution in [0.1, 0.15) is 40.1 Å².